The lowest BCUT2D eigenvalue weighted by molar-refractivity contribution is -0.385. The average Bonchev–Trinajstić information content (AvgIpc) is 2.25. The summed E-state index contributed by atoms with van der Waals surface area (Å²) in [6.07, 6.45) is 1.26. The van der Waals surface area contributed by atoms with Crippen LogP contribution in [0.4, 0.5) is 5.69 Å². The fourth-order valence-corrected chi connectivity index (χ4v) is 1.40. The van der Waals surface area contributed by atoms with Gasteiger partial charge in [0.05, 0.1) is 4.92 Å². The number of nitro groups is 1. The number of benzene rings is 1. The molecule has 0 saturated carbocycles. The monoisotopic (exact) mass is 222 g/mol. The second-order valence-corrected chi connectivity index (χ2v) is 3.82. The number of nitro benzene ring substituents is 1. The van der Waals surface area contributed by atoms with Gasteiger partial charge in [-0.3, -0.25) is 14.9 Å². The molecule has 0 aromatic heterocycles. The van der Waals surface area contributed by atoms with Crippen molar-refractivity contribution >= 4 is 12.0 Å². The summed E-state index contributed by atoms with van der Waals surface area (Å²) in [5.41, 5.74) is 1.15. The van der Waals surface area contributed by atoms with Crippen LogP contribution >= 0.6 is 0 Å². The van der Waals surface area contributed by atoms with E-state index in [2.05, 4.69) is 0 Å². The van der Waals surface area contributed by atoms with Crippen LogP contribution in [0.25, 0.3) is 0 Å². The molecule has 0 aliphatic heterocycles. The third-order valence-corrected chi connectivity index (χ3v) is 2.26. The van der Waals surface area contributed by atoms with E-state index in [0.717, 1.165) is 0 Å². The Morgan fingerprint density at radius 2 is 2.12 bits per heavy atom. The Kier molecular flexibility index (Phi) is 4.13. The van der Waals surface area contributed by atoms with Crippen LogP contribution in [0.3, 0.4) is 0 Å². The van der Waals surface area contributed by atoms with E-state index in [-0.39, 0.29) is 5.69 Å². The van der Waals surface area contributed by atoms with Crippen LogP contribution in [0.5, 0.6) is 0 Å². The molecule has 0 fully saturated rings. The van der Waals surface area contributed by atoms with Crippen LogP contribution in [0.15, 0.2) is 18.2 Å². The molecule has 1 rings (SSSR count). The summed E-state index contributed by atoms with van der Waals surface area (Å²) in [6.45, 7) is 0.711. The van der Waals surface area contributed by atoms with Gasteiger partial charge in [0, 0.05) is 23.7 Å². The maximum absolute atomic E-state index is 10.8. The Bertz CT molecular complexity index is 402. The number of hydrogen-bond donors (Lipinski definition) is 0. The summed E-state index contributed by atoms with van der Waals surface area (Å²) in [4.78, 5) is 22.9. The fourth-order valence-electron chi connectivity index (χ4n) is 1.40. The Morgan fingerprint density at radius 3 is 2.62 bits per heavy atom. The minimum Gasteiger partial charge on any atom is -0.309 e. The van der Waals surface area contributed by atoms with Crippen molar-refractivity contribution in [1.29, 1.82) is 0 Å². The van der Waals surface area contributed by atoms with Crippen LogP contribution in [-0.2, 0) is 6.42 Å². The zero-order valence-corrected chi connectivity index (χ0v) is 9.34. The molecule has 16 heavy (non-hydrogen) atoms. The average molecular weight is 222 g/mol. The molecule has 0 aliphatic rings. The van der Waals surface area contributed by atoms with Gasteiger partial charge in [-0.15, -0.1) is 0 Å². The van der Waals surface area contributed by atoms with Gasteiger partial charge in [0.25, 0.3) is 5.69 Å². The van der Waals surface area contributed by atoms with E-state index in [4.69, 9.17) is 0 Å². The largest absolute Gasteiger partial charge is 0.309 e. The SMILES string of the molecule is CN(C)CCc1cc(C=O)ccc1[N+](=O)[O-]. The molecule has 1 aromatic carbocycles. The van der Waals surface area contributed by atoms with E-state index in [9.17, 15) is 14.9 Å². The number of rotatable bonds is 5. The topological polar surface area (TPSA) is 63.5 Å². The Balaban J connectivity index is 3.00. The van der Waals surface area contributed by atoms with Crippen molar-refractivity contribution in [3.63, 3.8) is 0 Å². The highest BCUT2D eigenvalue weighted by Crippen LogP contribution is 2.20. The lowest BCUT2D eigenvalue weighted by Crippen LogP contribution is -2.15. The van der Waals surface area contributed by atoms with Gasteiger partial charge in [0.2, 0.25) is 0 Å². The predicted molar refractivity (Wildman–Crippen MR) is 60.7 cm³/mol. The zero-order valence-electron chi connectivity index (χ0n) is 9.34. The molecule has 0 saturated heterocycles. The number of carbonyl (C=O) groups excluding carboxylic acids is 1. The highest BCUT2D eigenvalue weighted by atomic mass is 16.6. The van der Waals surface area contributed by atoms with Crippen LogP contribution < -0.4 is 0 Å². The van der Waals surface area contributed by atoms with Gasteiger partial charge in [-0.2, -0.15) is 0 Å². The standard InChI is InChI=1S/C11H14N2O3/c1-12(2)6-5-10-7-9(8-14)3-4-11(10)13(15)16/h3-4,7-8H,5-6H2,1-2H3. The molecule has 86 valence electrons. The molecule has 0 spiro atoms. The van der Waals surface area contributed by atoms with Crippen molar-refractivity contribution < 1.29 is 9.72 Å². The number of carbonyl (C=O) groups is 1. The van der Waals surface area contributed by atoms with Crippen LogP contribution in [0.2, 0.25) is 0 Å². The Morgan fingerprint density at radius 1 is 1.44 bits per heavy atom. The van der Waals surface area contributed by atoms with E-state index in [1.54, 1.807) is 6.07 Å². The quantitative estimate of drug-likeness (QED) is 0.430. The Hall–Kier alpha value is -1.75. The van der Waals surface area contributed by atoms with Crippen molar-refractivity contribution in [2.24, 2.45) is 0 Å². The van der Waals surface area contributed by atoms with Crippen LogP contribution in [-0.4, -0.2) is 36.7 Å². The van der Waals surface area contributed by atoms with Crippen molar-refractivity contribution in [3.05, 3.63) is 39.4 Å². The van der Waals surface area contributed by atoms with Gasteiger partial charge >= 0.3 is 0 Å². The van der Waals surface area contributed by atoms with Gasteiger partial charge in [-0.05, 0) is 32.6 Å². The molecule has 5 nitrogen and oxygen atoms in total. The number of likely N-dealkylation sites (N-methyl/N-ethyl adjacent to an activating group) is 1. The molecule has 0 heterocycles. The summed E-state index contributed by atoms with van der Waals surface area (Å²) >= 11 is 0. The van der Waals surface area contributed by atoms with Crippen LogP contribution in [0, 0.1) is 10.1 Å². The molecule has 0 radical (unpaired) electrons. The van der Waals surface area contributed by atoms with Crippen molar-refractivity contribution in [2.75, 3.05) is 20.6 Å². The Labute approximate surface area is 93.8 Å². The van der Waals surface area contributed by atoms with Gasteiger partial charge in [0.1, 0.15) is 6.29 Å². The number of nitrogens with zero attached hydrogens (tertiary/aromatic N) is 2. The summed E-state index contributed by atoms with van der Waals surface area (Å²) in [5, 5.41) is 10.8. The number of aldehydes is 1. The van der Waals surface area contributed by atoms with E-state index in [1.807, 2.05) is 19.0 Å². The third kappa shape index (κ3) is 3.13. The first kappa shape index (κ1) is 12.3. The van der Waals surface area contributed by atoms with E-state index in [1.165, 1.54) is 12.1 Å². The van der Waals surface area contributed by atoms with Gasteiger partial charge in [0.15, 0.2) is 0 Å². The molecule has 0 unspecified atom stereocenters. The highest BCUT2D eigenvalue weighted by Gasteiger charge is 2.13. The lowest BCUT2D eigenvalue weighted by atomic mass is 10.1. The van der Waals surface area contributed by atoms with E-state index in [0.29, 0.717) is 30.4 Å². The fraction of sp³-hybridized carbons (Fsp3) is 0.364. The van der Waals surface area contributed by atoms with Crippen LogP contribution in [0.1, 0.15) is 15.9 Å². The minimum atomic E-state index is -0.417. The normalized spacial score (nSPS) is 10.4. The molecule has 0 aliphatic carbocycles. The molecule has 5 heteroatoms. The molecule has 0 N–H and O–H groups in total. The molecule has 0 atom stereocenters. The van der Waals surface area contributed by atoms with Gasteiger partial charge in [-0.1, -0.05) is 0 Å². The second-order valence-electron chi connectivity index (χ2n) is 3.82. The van der Waals surface area contributed by atoms with Gasteiger partial charge < -0.3 is 4.90 Å². The summed E-state index contributed by atoms with van der Waals surface area (Å²) < 4.78 is 0. The molecule has 1 aromatic rings. The van der Waals surface area contributed by atoms with E-state index >= 15 is 0 Å². The second kappa shape index (κ2) is 5.37. The van der Waals surface area contributed by atoms with Crippen molar-refractivity contribution in [3.8, 4) is 0 Å². The third-order valence-electron chi connectivity index (χ3n) is 2.26. The molecule has 0 amide bonds. The first-order valence-corrected chi connectivity index (χ1v) is 4.92. The minimum absolute atomic E-state index is 0.0763. The lowest BCUT2D eigenvalue weighted by Gasteiger charge is -2.09. The number of hydrogen-bond acceptors (Lipinski definition) is 4. The summed E-state index contributed by atoms with van der Waals surface area (Å²) in [6, 6.07) is 4.42. The summed E-state index contributed by atoms with van der Waals surface area (Å²) in [7, 11) is 3.80. The smallest absolute Gasteiger partial charge is 0.272 e. The van der Waals surface area contributed by atoms with E-state index < -0.39 is 4.92 Å². The first-order valence-electron chi connectivity index (χ1n) is 4.92. The predicted octanol–water partition coefficient (Wildman–Crippen LogP) is 1.51. The maximum Gasteiger partial charge on any atom is 0.272 e. The van der Waals surface area contributed by atoms with Crippen molar-refractivity contribution in [1.82, 2.24) is 4.90 Å². The van der Waals surface area contributed by atoms with Crippen molar-refractivity contribution in [2.45, 2.75) is 6.42 Å². The van der Waals surface area contributed by atoms with Gasteiger partial charge in [-0.25, -0.2) is 0 Å². The molecule has 0 bridgehead atoms. The molecular formula is C11H14N2O3. The zero-order chi connectivity index (χ0) is 12.1. The summed E-state index contributed by atoms with van der Waals surface area (Å²) in [5.74, 6) is 0. The highest BCUT2D eigenvalue weighted by molar-refractivity contribution is 5.76. The maximum atomic E-state index is 10.8. The molecular weight excluding hydrogens is 208 g/mol. The first-order chi connectivity index (χ1) is 7.54.